The topological polar surface area (TPSA) is 52.5 Å². The van der Waals surface area contributed by atoms with Gasteiger partial charge in [-0.1, -0.05) is 12.8 Å². The molecule has 0 aromatic rings. The van der Waals surface area contributed by atoms with Crippen molar-refractivity contribution in [3.63, 3.8) is 0 Å². The lowest BCUT2D eigenvalue weighted by molar-refractivity contribution is 0.0995. The van der Waals surface area contributed by atoms with Crippen LogP contribution in [-0.4, -0.2) is 29.5 Å². The van der Waals surface area contributed by atoms with Crippen molar-refractivity contribution in [3.05, 3.63) is 0 Å². The van der Waals surface area contributed by atoms with Gasteiger partial charge in [0.25, 0.3) is 0 Å². The van der Waals surface area contributed by atoms with Gasteiger partial charge in [0.05, 0.1) is 12.7 Å². The number of aliphatic hydroxyl groups is 2. The van der Waals surface area contributed by atoms with E-state index in [1.54, 1.807) is 0 Å². The van der Waals surface area contributed by atoms with E-state index in [4.69, 9.17) is 10.2 Å². The average Bonchev–Trinajstić information content (AvgIpc) is 1.68. The molecule has 3 N–H and O–H groups in total. The van der Waals surface area contributed by atoms with Gasteiger partial charge in [0.1, 0.15) is 0 Å². The van der Waals surface area contributed by atoms with Crippen molar-refractivity contribution >= 4 is 12.8 Å². The molecule has 0 saturated carbocycles. The van der Waals surface area contributed by atoms with E-state index in [-0.39, 0.29) is 6.61 Å². The van der Waals surface area contributed by atoms with Gasteiger partial charge < -0.3 is 10.2 Å². The fourth-order valence-corrected chi connectivity index (χ4v) is 0.381. The summed E-state index contributed by atoms with van der Waals surface area (Å²) in [5.74, 6) is 0. The second-order valence-electron chi connectivity index (χ2n) is 1.20. The third-order valence-corrected chi connectivity index (χ3v) is 0.720. The van der Waals surface area contributed by atoms with Crippen molar-refractivity contribution in [1.82, 2.24) is 4.72 Å². The number of thiol groups is 1. The first kappa shape index (κ1) is 7.23. The van der Waals surface area contributed by atoms with E-state index in [1.807, 2.05) is 0 Å². The molecule has 0 aromatic carbocycles. The lowest BCUT2D eigenvalue weighted by Gasteiger charge is -2.01. The van der Waals surface area contributed by atoms with Crippen molar-refractivity contribution in [1.29, 1.82) is 0 Å². The van der Waals surface area contributed by atoms with Gasteiger partial charge >= 0.3 is 0 Å². The highest BCUT2D eigenvalue weighted by atomic mass is 32.1. The highest BCUT2D eigenvalue weighted by molar-refractivity contribution is 7.78. The maximum absolute atomic E-state index is 8.50. The predicted octanol–water partition coefficient (Wildman–Crippen LogP) is -1.23. The molecule has 0 heterocycles. The van der Waals surface area contributed by atoms with Crippen molar-refractivity contribution in [2.45, 2.75) is 6.10 Å². The molecule has 0 spiro atoms. The lowest BCUT2D eigenvalue weighted by Crippen LogP contribution is -2.23. The second kappa shape index (κ2) is 4.39. The number of nitrogens with one attached hydrogen (secondary N) is 1. The van der Waals surface area contributed by atoms with Gasteiger partial charge in [-0.25, -0.2) is 0 Å². The first-order valence-corrected chi connectivity index (χ1v) is 2.42. The summed E-state index contributed by atoms with van der Waals surface area (Å²) in [6.45, 7) is 0.104. The molecule has 0 saturated heterocycles. The van der Waals surface area contributed by atoms with Crippen LogP contribution in [0.15, 0.2) is 0 Å². The number of aliphatic hydroxyl groups excluding tert-OH is 2. The normalized spacial score (nSPS) is 14.1. The molecule has 4 heteroatoms. The summed E-state index contributed by atoms with van der Waals surface area (Å²) in [5.41, 5.74) is 0. The molecule has 0 rings (SSSR count). The van der Waals surface area contributed by atoms with E-state index < -0.39 is 6.10 Å². The second-order valence-corrected chi connectivity index (χ2v) is 1.51. The number of rotatable bonds is 3. The van der Waals surface area contributed by atoms with Gasteiger partial charge in [0.15, 0.2) is 0 Å². The van der Waals surface area contributed by atoms with Crippen molar-refractivity contribution < 1.29 is 10.2 Å². The van der Waals surface area contributed by atoms with Crippen LogP contribution in [-0.2, 0) is 0 Å². The molecule has 7 heavy (non-hydrogen) atoms. The SMILES string of the molecule is OCC(O)CNS. The summed E-state index contributed by atoms with van der Waals surface area (Å²) < 4.78 is 2.40. The molecule has 0 aromatic heterocycles. The Morgan fingerprint density at radius 3 is 2.43 bits per heavy atom. The van der Waals surface area contributed by atoms with Gasteiger partial charge in [-0.15, -0.1) is 0 Å². The molecule has 0 amide bonds. The van der Waals surface area contributed by atoms with E-state index >= 15 is 0 Å². The first-order valence-electron chi connectivity index (χ1n) is 1.97. The molecule has 0 fully saturated rings. The fourth-order valence-electron chi connectivity index (χ4n) is 0.170. The summed E-state index contributed by atoms with van der Waals surface area (Å²) in [4.78, 5) is 0. The summed E-state index contributed by atoms with van der Waals surface area (Å²) >= 11 is 3.59. The zero-order valence-electron chi connectivity index (χ0n) is 3.83. The molecule has 3 nitrogen and oxygen atoms in total. The van der Waals surface area contributed by atoms with Crippen LogP contribution in [0.1, 0.15) is 0 Å². The van der Waals surface area contributed by atoms with Gasteiger partial charge in [-0.05, 0) is 0 Å². The molecule has 0 radical (unpaired) electrons. The predicted molar refractivity (Wildman–Crippen MR) is 30.1 cm³/mol. The quantitative estimate of drug-likeness (QED) is 0.356. The maximum Gasteiger partial charge on any atom is 0.0904 e. The van der Waals surface area contributed by atoms with E-state index in [2.05, 4.69) is 17.5 Å². The van der Waals surface area contributed by atoms with Gasteiger partial charge in [-0.2, -0.15) is 0 Å². The monoisotopic (exact) mass is 123 g/mol. The number of hydrogen-bond donors (Lipinski definition) is 4. The molecule has 0 aliphatic rings. The van der Waals surface area contributed by atoms with Crippen LogP contribution in [0.2, 0.25) is 0 Å². The van der Waals surface area contributed by atoms with Crippen LogP contribution in [0.3, 0.4) is 0 Å². The summed E-state index contributed by atoms with van der Waals surface area (Å²) in [6, 6.07) is 0. The highest BCUT2D eigenvalue weighted by Crippen LogP contribution is 1.75. The molecule has 1 unspecified atom stereocenters. The van der Waals surface area contributed by atoms with E-state index in [0.717, 1.165) is 0 Å². The fraction of sp³-hybridized carbons (Fsp3) is 1.00. The van der Waals surface area contributed by atoms with Crippen LogP contribution in [0.25, 0.3) is 0 Å². The average molecular weight is 123 g/mol. The molecule has 0 bridgehead atoms. The Morgan fingerprint density at radius 1 is 1.71 bits per heavy atom. The Bertz CT molecular complexity index is 43.9. The zero-order chi connectivity index (χ0) is 5.70. The minimum absolute atomic E-state index is 0.215. The van der Waals surface area contributed by atoms with Gasteiger partial charge in [-0.3, -0.25) is 4.72 Å². The molecule has 44 valence electrons. The third-order valence-electron chi connectivity index (χ3n) is 0.538. The number of hydrogen-bond acceptors (Lipinski definition) is 4. The largest absolute Gasteiger partial charge is 0.394 e. The minimum Gasteiger partial charge on any atom is -0.394 e. The smallest absolute Gasteiger partial charge is 0.0904 e. The lowest BCUT2D eigenvalue weighted by atomic mass is 10.4. The van der Waals surface area contributed by atoms with E-state index in [9.17, 15) is 0 Å². The standard InChI is InChI=1S/C3H9NO2S/c5-2-3(6)1-4-7/h3-7H,1-2H2. The van der Waals surface area contributed by atoms with Crippen LogP contribution in [0.4, 0.5) is 0 Å². The molecule has 0 aliphatic heterocycles. The van der Waals surface area contributed by atoms with Gasteiger partial charge in [0.2, 0.25) is 0 Å². The first-order chi connectivity index (χ1) is 3.31. The van der Waals surface area contributed by atoms with Crippen LogP contribution < -0.4 is 4.72 Å². The van der Waals surface area contributed by atoms with E-state index in [0.29, 0.717) is 6.54 Å². The van der Waals surface area contributed by atoms with Crippen LogP contribution >= 0.6 is 12.8 Å². The molecule has 1 atom stereocenters. The third kappa shape index (κ3) is 4.08. The highest BCUT2D eigenvalue weighted by Gasteiger charge is 1.95. The van der Waals surface area contributed by atoms with Crippen molar-refractivity contribution in [3.8, 4) is 0 Å². The van der Waals surface area contributed by atoms with Crippen molar-refractivity contribution in [2.24, 2.45) is 0 Å². The Hall–Kier alpha value is 0.230. The molecular weight excluding hydrogens is 114 g/mol. The summed E-state index contributed by atoms with van der Waals surface area (Å²) in [6.07, 6.45) is -0.683. The van der Waals surface area contributed by atoms with Crippen LogP contribution in [0, 0.1) is 0 Å². The van der Waals surface area contributed by atoms with Gasteiger partial charge in [0, 0.05) is 6.54 Å². The Balaban J connectivity index is 2.83. The summed E-state index contributed by atoms with van der Waals surface area (Å²) in [5, 5.41) is 16.6. The van der Waals surface area contributed by atoms with Crippen LogP contribution in [0.5, 0.6) is 0 Å². The Morgan fingerprint density at radius 2 is 2.29 bits per heavy atom. The minimum atomic E-state index is -0.683. The Kier molecular flexibility index (Phi) is 4.53. The Labute approximate surface area is 47.9 Å². The molecular formula is C3H9NO2S. The zero-order valence-corrected chi connectivity index (χ0v) is 4.73. The van der Waals surface area contributed by atoms with E-state index in [1.165, 1.54) is 0 Å². The molecule has 0 aliphatic carbocycles. The maximum atomic E-state index is 8.50. The van der Waals surface area contributed by atoms with Crippen molar-refractivity contribution in [2.75, 3.05) is 13.2 Å². The summed E-state index contributed by atoms with van der Waals surface area (Å²) in [7, 11) is 0.